The Morgan fingerprint density at radius 2 is 1.32 bits per heavy atom. The Labute approximate surface area is 135 Å². The van der Waals surface area contributed by atoms with Gasteiger partial charge in [0.15, 0.2) is 0 Å². The van der Waals surface area contributed by atoms with E-state index >= 15 is 0 Å². The monoisotopic (exact) mass is 296 g/mol. The zero-order valence-electron chi connectivity index (χ0n) is 14.5. The number of rotatable bonds is 5. The van der Waals surface area contributed by atoms with E-state index in [-0.39, 0.29) is 5.41 Å². The fourth-order valence-electron chi connectivity index (χ4n) is 2.84. The second kappa shape index (κ2) is 7.00. The molecule has 1 unspecified atom stereocenters. The Kier molecular flexibility index (Phi) is 5.28. The summed E-state index contributed by atoms with van der Waals surface area (Å²) < 4.78 is 5.53. The van der Waals surface area contributed by atoms with E-state index in [1.807, 2.05) is 6.92 Å². The topological polar surface area (TPSA) is 9.23 Å². The van der Waals surface area contributed by atoms with Crippen molar-refractivity contribution in [3.63, 3.8) is 0 Å². The third-order valence-electron chi connectivity index (χ3n) is 4.18. The molecule has 0 aliphatic carbocycles. The molecule has 0 N–H and O–H groups in total. The molecular formula is C21H28O. The van der Waals surface area contributed by atoms with Gasteiger partial charge < -0.3 is 4.74 Å². The van der Waals surface area contributed by atoms with E-state index in [9.17, 15) is 0 Å². The normalized spacial score (nSPS) is 13.0. The molecule has 0 spiro atoms. The predicted octanol–water partition coefficient (Wildman–Crippen LogP) is 5.92. The lowest BCUT2D eigenvalue weighted by Crippen LogP contribution is -2.11. The molecule has 0 amide bonds. The summed E-state index contributed by atoms with van der Waals surface area (Å²) in [5.74, 6) is 1.40. The van der Waals surface area contributed by atoms with E-state index in [2.05, 4.69) is 76.2 Å². The molecule has 0 heterocycles. The highest BCUT2D eigenvalue weighted by atomic mass is 16.5. The maximum atomic E-state index is 5.53. The average Bonchev–Trinajstić information content (AvgIpc) is 2.50. The van der Waals surface area contributed by atoms with Gasteiger partial charge in [0.1, 0.15) is 5.75 Å². The molecule has 0 saturated carbocycles. The first-order valence-corrected chi connectivity index (χ1v) is 8.29. The number of ether oxygens (including phenoxy) is 1. The van der Waals surface area contributed by atoms with Crippen molar-refractivity contribution in [3.8, 4) is 5.75 Å². The lowest BCUT2D eigenvalue weighted by Gasteiger charge is -2.21. The molecule has 0 bridgehead atoms. The average molecular weight is 296 g/mol. The summed E-state index contributed by atoms with van der Waals surface area (Å²) in [5, 5.41) is 0. The van der Waals surface area contributed by atoms with Crippen molar-refractivity contribution >= 4 is 0 Å². The first kappa shape index (κ1) is 16.6. The van der Waals surface area contributed by atoms with E-state index in [1.54, 1.807) is 0 Å². The van der Waals surface area contributed by atoms with E-state index in [1.165, 1.54) is 16.7 Å². The molecule has 0 aliphatic rings. The van der Waals surface area contributed by atoms with Crippen LogP contribution in [0.4, 0.5) is 0 Å². The van der Waals surface area contributed by atoms with Crippen LogP contribution in [-0.2, 0) is 5.41 Å². The smallest absolute Gasteiger partial charge is 0.119 e. The predicted molar refractivity (Wildman–Crippen MR) is 94.9 cm³/mol. The fraction of sp³-hybridized carbons (Fsp3) is 0.429. The molecule has 1 atom stereocenters. The van der Waals surface area contributed by atoms with Crippen molar-refractivity contribution in [2.24, 2.45) is 0 Å². The van der Waals surface area contributed by atoms with Gasteiger partial charge in [0.05, 0.1) is 6.61 Å². The second-order valence-electron chi connectivity index (χ2n) is 6.83. The molecule has 0 saturated heterocycles. The van der Waals surface area contributed by atoms with Gasteiger partial charge >= 0.3 is 0 Å². The van der Waals surface area contributed by atoms with Crippen LogP contribution in [0, 0.1) is 0 Å². The van der Waals surface area contributed by atoms with Gasteiger partial charge in [0, 0.05) is 5.92 Å². The molecule has 2 rings (SSSR count). The zero-order valence-corrected chi connectivity index (χ0v) is 14.5. The van der Waals surface area contributed by atoms with Gasteiger partial charge in [-0.05, 0) is 47.6 Å². The number of hydrogen-bond donors (Lipinski definition) is 0. The third-order valence-corrected chi connectivity index (χ3v) is 4.18. The first-order chi connectivity index (χ1) is 10.5. The Bertz CT molecular complexity index is 573. The first-order valence-electron chi connectivity index (χ1n) is 8.29. The van der Waals surface area contributed by atoms with Crippen LogP contribution >= 0.6 is 0 Å². The van der Waals surface area contributed by atoms with Crippen molar-refractivity contribution in [2.45, 2.75) is 52.4 Å². The highest BCUT2D eigenvalue weighted by Crippen LogP contribution is 2.31. The molecule has 0 radical (unpaired) electrons. The van der Waals surface area contributed by atoms with E-state index in [0.29, 0.717) is 12.5 Å². The van der Waals surface area contributed by atoms with E-state index in [0.717, 1.165) is 12.2 Å². The zero-order chi connectivity index (χ0) is 16.2. The summed E-state index contributed by atoms with van der Waals surface area (Å²) in [6, 6.07) is 17.6. The van der Waals surface area contributed by atoms with Crippen LogP contribution in [0.2, 0.25) is 0 Å². The van der Waals surface area contributed by atoms with Crippen molar-refractivity contribution in [2.75, 3.05) is 6.61 Å². The molecule has 2 aromatic carbocycles. The van der Waals surface area contributed by atoms with Gasteiger partial charge in [-0.3, -0.25) is 0 Å². The number of benzene rings is 2. The van der Waals surface area contributed by atoms with Gasteiger partial charge in [0.25, 0.3) is 0 Å². The van der Waals surface area contributed by atoms with Crippen LogP contribution in [0.25, 0.3) is 0 Å². The minimum absolute atomic E-state index is 0.208. The lowest BCUT2D eigenvalue weighted by molar-refractivity contribution is 0.340. The Hall–Kier alpha value is -1.76. The molecule has 0 aliphatic heterocycles. The summed E-state index contributed by atoms with van der Waals surface area (Å²) in [4.78, 5) is 0. The van der Waals surface area contributed by atoms with Gasteiger partial charge in [-0.15, -0.1) is 0 Å². The van der Waals surface area contributed by atoms with Crippen LogP contribution in [0.15, 0.2) is 48.5 Å². The summed E-state index contributed by atoms with van der Waals surface area (Å²) in [7, 11) is 0. The summed E-state index contributed by atoms with van der Waals surface area (Å²) in [5.41, 5.74) is 4.34. The lowest BCUT2D eigenvalue weighted by atomic mass is 9.84. The van der Waals surface area contributed by atoms with Crippen LogP contribution < -0.4 is 4.74 Å². The molecule has 0 aromatic heterocycles. The molecule has 1 nitrogen and oxygen atoms in total. The van der Waals surface area contributed by atoms with Crippen LogP contribution in [-0.4, -0.2) is 6.61 Å². The van der Waals surface area contributed by atoms with E-state index in [4.69, 9.17) is 4.74 Å². The maximum Gasteiger partial charge on any atom is 0.119 e. The van der Waals surface area contributed by atoms with Crippen LogP contribution in [0.5, 0.6) is 5.75 Å². The quantitative estimate of drug-likeness (QED) is 0.665. The van der Waals surface area contributed by atoms with Gasteiger partial charge in [0.2, 0.25) is 0 Å². The van der Waals surface area contributed by atoms with Crippen molar-refractivity contribution in [3.05, 3.63) is 65.2 Å². The molecular weight excluding hydrogens is 268 g/mol. The summed E-state index contributed by atoms with van der Waals surface area (Å²) >= 11 is 0. The fourth-order valence-corrected chi connectivity index (χ4v) is 2.84. The Morgan fingerprint density at radius 3 is 1.73 bits per heavy atom. The highest BCUT2D eigenvalue weighted by Gasteiger charge is 2.16. The summed E-state index contributed by atoms with van der Waals surface area (Å²) in [6.07, 6.45) is 1.10. The van der Waals surface area contributed by atoms with Crippen molar-refractivity contribution in [1.29, 1.82) is 0 Å². The standard InChI is InChI=1S/C21H28O/c1-6-20(17-10-14-19(15-11-17)22-7-2)16-8-12-18(13-9-16)21(3,4)5/h8-15,20H,6-7H2,1-5H3. The van der Waals surface area contributed by atoms with E-state index < -0.39 is 0 Å². The SMILES string of the molecule is CCOc1ccc(C(CC)c2ccc(C(C)(C)C)cc2)cc1. The molecule has 0 fully saturated rings. The summed E-state index contributed by atoms with van der Waals surface area (Å²) in [6.45, 7) is 11.7. The van der Waals surface area contributed by atoms with Crippen molar-refractivity contribution in [1.82, 2.24) is 0 Å². The van der Waals surface area contributed by atoms with Gasteiger partial charge in [-0.25, -0.2) is 0 Å². The molecule has 22 heavy (non-hydrogen) atoms. The molecule has 2 aromatic rings. The Balaban J connectivity index is 2.24. The van der Waals surface area contributed by atoms with Gasteiger partial charge in [-0.1, -0.05) is 64.1 Å². The minimum atomic E-state index is 0.208. The minimum Gasteiger partial charge on any atom is -0.494 e. The van der Waals surface area contributed by atoms with Crippen LogP contribution in [0.1, 0.15) is 63.6 Å². The Morgan fingerprint density at radius 1 is 0.818 bits per heavy atom. The second-order valence-corrected chi connectivity index (χ2v) is 6.83. The number of hydrogen-bond acceptors (Lipinski definition) is 1. The maximum absolute atomic E-state index is 5.53. The highest BCUT2D eigenvalue weighted by molar-refractivity contribution is 5.38. The van der Waals surface area contributed by atoms with Crippen LogP contribution in [0.3, 0.4) is 0 Å². The van der Waals surface area contributed by atoms with Gasteiger partial charge in [-0.2, -0.15) is 0 Å². The van der Waals surface area contributed by atoms with Crippen molar-refractivity contribution < 1.29 is 4.74 Å². The third kappa shape index (κ3) is 3.91. The molecule has 1 heteroatoms. The largest absolute Gasteiger partial charge is 0.494 e. The molecule has 118 valence electrons.